The molecule has 0 N–H and O–H groups in total. The maximum atomic E-state index is 6.76. The Bertz CT molecular complexity index is 2530. The molecule has 4 atom stereocenters. The second-order valence-corrected chi connectivity index (χ2v) is 14.6. The van der Waals surface area contributed by atoms with Crippen molar-refractivity contribution >= 4 is 50.4 Å². The first-order valence-electron chi connectivity index (χ1n) is 17.9. The molecule has 246 valence electrons. The Morgan fingerprint density at radius 3 is 2.44 bits per heavy atom. The molecule has 50 heavy (non-hydrogen) atoms. The minimum absolute atomic E-state index is 0.0184. The third-order valence-electron chi connectivity index (χ3n) is 12.8. The van der Waals surface area contributed by atoms with Crippen molar-refractivity contribution in [2.24, 2.45) is 5.41 Å². The molecule has 4 aromatic carbocycles. The summed E-state index contributed by atoms with van der Waals surface area (Å²) in [6.07, 6.45) is 8.58. The number of furan rings is 1. The number of nitrogens with zero attached hydrogens (tertiary/aromatic N) is 6. The molecule has 0 fully saturated rings. The topological polar surface area (TPSA) is 51.9 Å². The van der Waals surface area contributed by atoms with E-state index in [0.717, 1.165) is 52.3 Å². The number of fused-ring (bicyclic) bond motifs is 19. The van der Waals surface area contributed by atoms with Gasteiger partial charge in [-0.2, -0.15) is 0 Å². The zero-order chi connectivity index (χ0) is 33.7. The fraction of sp³-hybridized carbons (Fsp3) is 0.256. The molecule has 7 nitrogen and oxygen atoms in total. The van der Waals surface area contributed by atoms with Gasteiger partial charge in [0, 0.05) is 64.9 Å². The molecule has 6 heterocycles. The summed E-state index contributed by atoms with van der Waals surface area (Å²) in [6.45, 7) is 6.95. The lowest BCUT2D eigenvalue weighted by atomic mass is 9.37. The molecule has 4 aliphatic heterocycles. The molecule has 0 spiro atoms. The van der Waals surface area contributed by atoms with Gasteiger partial charge in [0.1, 0.15) is 23.6 Å². The van der Waals surface area contributed by atoms with Crippen molar-refractivity contribution in [3.05, 3.63) is 126 Å². The summed E-state index contributed by atoms with van der Waals surface area (Å²) in [6, 6.07) is 30.7. The number of aryl methyl sites for hydroxylation is 1. The summed E-state index contributed by atoms with van der Waals surface area (Å²) in [5, 5.41) is 2.33. The summed E-state index contributed by atoms with van der Waals surface area (Å²) >= 11 is 0. The van der Waals surface area contributed by atoms with E-state index in [1.807, 2.05) is 0 Å². The predicted molar refractivity (Wildman–Crippen MR) is 201 cm³/mol. The zero-order valence-electron chi connectivity index (χ0n) is 29.0. The van der Waals surface area contributed by atoms with E-state index in [2.05, 4.69) is 158 Å². The highest BCUT2D eigenvalue weighted by Gasteiger charge is 2.75. The van der Waals surface area contributed by atoms with Crippen molar-refractivity contribution in [2.75, 3.05) is 28.8 Å². The molecular weight excluding hydrogens is 617 g/mol. The SMILES string of the molecule is CCC12C3=C(C4N(C)C=CN4c4c3ccc3c4oc4ccccc43)C1(CC)C1N(C)c3nc(-c4ccccc4C)ncc3N1c1ccccc12. The highest BCUT2D eigenvalue weighted by atomic mass is 16.3. The molecule has 0 saturated carbocycles. The average Bonchev–Trinajstić information content (AvgIpc) is 3.80. The van der Waals surface area contributed by atoms with Crippen molar-refractivity contribution in [1.29, 1.82) is 0 Å². The Kier molecular flexibility index (Phi) is 5.30. The monoisotopic (exact) mass is 654 g/mol. The number of rotatable bonds is 3. The lowest BCUT2D eigenvalue weighted by Crippen LogP contribution is -2.73. The van der Waals surface area contributed by atoms with Crippen molar-refractivity contribution in [2.45, 2.75) is 51.4 Å². The number of hydrogen-bond acceptors (Lipinski definition) is 7. The van der Waals surface area contributed by atoms with Gasteiger partial charge in [0.15, 0.2) is 17.2 Å². The lowest BCUT2D eigenvalue weighted by Gasteiger charge is -2.71. The minimum atomic E-state index is -0.235. The average molecular weight is 655 g/mol. The molecule has 0 radical (unpaired) electrons. The maximum Gasteiger partial charge on any atom is 0.161 e. The van der Waals surface area contributed by atoms with Gasteiger partial charge < -0.3 is 24.0 Å². The quantitative estimate of drug-likeness (QED) is 0.189. The molecule has 11 rings (SSSR count). The van der Waals surface area contributed by atoms with E-state index < -0.39 is 0 Å². The summed E-state index contributed by atoms with van der Waals surface area (Å²) in [4.78, 5) is 20.3. The summed E-state index contributed by atoms with van der Waals surface area (Å²) in [5.74, 6) is 1.76. The van der Waals surface area contributed by atoms with E-state index in [0.29, 0.717) is 0 Å². The Balaban J connectivity index is 1.21. The Morgan fingerprint density at radius 2 is 1.60 bits per heavy atom. The van der Waals surface area contributed by atoms with E-state index in [4.69, 9.17) is 14.4 Å². The summed E-state index contributed by atoms with van der Waals surface area (Å²) in [7, 11) is 4.48. The number of anilines is 4. The second-order valence-electron chi connectivity index (χ2n) is 14.6. The molecule has 0 saturated heterocycles. The molecule has 4 unspecified atom stereocenters. The number of aromatic nitrogens is 2. The predicted octanol–water partition coefficient (Wildman–Crippen LogP) is 9.35. The number of benzene rings is 4. The molecule has 7 heteroatoms. The number of hydrogen-bond donors (Lipinski definition) is 0. The summed E-state index contributed by atoms with van der Waals surface area (Å²) < 4.78 is 6.76. The van der Waals surface area contributed by atoms with E-state index in [1.165, 1.54) is 44.6 Å². The third kappa shape index (κ3) is 2.94. The molecule has 1 aliphatic carbocycles. The first-order chi connectivity index (χ1) is 24.5. The molecule has 0 bridgehead atoms. The number of para-hydroxylation sites is 2. The lowest BCUT2D eigenvalue weighted by molar-refractivity contribution is 0.0906. The highest BCUT2D eigenvalue weighted by Crippen LogP contribution is 2.78. The van der Waals surface area contributed by atoms with Crippen LogP contribution in [0.2, 0.25) is 0 Å². The highest BCUT2D eigenvalue weighted by molar-refractivity contribution is 6.14. The number of likely N-dealkylation sites (N-methyl/N-ethyl adjacent to an activating group) is 1. The first-order valence-corrected chi connectivity index (χ1v) is 17.9. The van der Waals surface area contributed by atoms with Gasteiger partial charge in [-0.15, -0.1) is 0 Å². The first kappa shape index (κ1) is 28.3. The molecule has 2 aromatic heterocycles. The van der Waals surface area contributed by atoms with E-state index in [9.17, 15) is 0 Å². The van der Waals surface area contributed by atoms with Crippen LogP contribution in [0.25, 0.3) is 38.9 Å². The molecule has 5 aliphatic rings. The number of allylic oxidation sites excluding steroid dienone is 1. The van der Waals surface area contributed by atoms with Crippen LogP contribution in [-0.4, -0.2) is 41.3 Å². The minimum Gasteiger partial charge on any atom is -0.454 e. The smallest absolute Gasteiger partial charge is 0.161 e. The van der Waals surface area contributed by atoms with E-state index in [1.54, 1.807) is 0 Å². The molecule has 6 aromatic rings. The van der Waals surface area contributed by atoms with Gasteiger partial charge in [-0.25, -0.2) is 9.97 Å². The van der Waals surface area contributed by atoms with Gasteiger partial charge in [-0.1, -0.05) is 80.6 Å². The van der Waals surface area contributed by atoms with Crippen LogP contribution in [0.4, 0.5) is 22.9 Å². The van der Waals surface area contributed by atoms with Gasteiger partial charge >= 0.3 is 0 Å². The second kappa shape index (κ2) is 9.36. The van der Waals surface area contributed by atoms with Crippen molar-refractivity contribution in [1.82, 2.24) is 14.9 Å². The van der Waals surface area contributed by atoms with Crippen LogP contribution in [0.15, 0.2) is 114 Å². The van der Waals surface area contributed by atoms with E-state index in [-0.39, 0.29) is 23.2 Å². The Hall–Kier alpha value is -5.56. The van der Waals surface area contributed by atoms with Crippen molar-refractivity contribution in [3.8, 4) is 11.4 Å². The van der Waals surface area contributed by atoms with Crippen LogP contribution in [-0.2, 0) is 5.41 Å². The van der Waals surface area contributed by atoms with Crippen LogP contribution in [0.1, 0.15) is 43.4 Å². The third-order valence-corrected chi connectivity index (χ3v) is 12.8. The Morgan fingerprint density at radius 1 is 0.800 bits per heavy atom. The van der Waals surface area contributed by atoms with Crippen LogP contribution in [0.5, 0.6) is 0 Å². The van der Waals surface area contributed by atoms with Crippen molar-refractivity contribution in [3.63, 3.8) is 0 Å². The van der Waals surface area contributed by atoms with Crippen LogP contribution in [0, 0.1) is 12.3 Å². The largest absolute Gasteiger partial charge is 0.454 e. The fourth-order valence-corrected chi connectivity index (χ4v) is 11.0. The van der Waals surface area contributed by atoms with Crippen LogP contribution in [0.3, 0.4) is 0 Å². The van der Waals surface area contributed by atoms with Gasteiger partial charge in [-0.3, -0.25) is 0 Å². The Labute approximate surface area is 291 Å². The van der Waals surface area contributed by atoms with Crippen molar-refractivity contribution < 1.29 is 4.42 Å². The van der Waals surface area contributed by atoms with Gasteiger partial charge in [0.25, 0.3) is 0 Å². The van der Waals surface area contributed by atoms with Gasteiger partial charge in [0.05, 0.1) is 11.9 Å². The normalized spacial score (nSPS) is 25.3. The van der Waals surface area contributed by atoms with Gasteiger partial charge in [0.2, 0.25) is 0 Å². The van der Waals surface area contributed by atoms with Crippen LogP contribution < -0.4 is 14.7 Å². The van der Waals surface area contributed by atoms with Crippen LogP contribution >= 0.6 is 0 Å². The van der Waals surface area contributed by atoms with Gasteiger partial charge in [-0.05, 0) is 60.2 Å². The summed E-state index contributed by atoms with van der Waals surface area (Å²) in [5.41, 5.74) is 12.8. The standard InChI is InChI=1S/C43H38N6O/c1-6-42-30-17-11-12-18-31(30)49-32-24-44-38(26-15-9-8-14-25(26)3)45-39(32)47(5)41(49)43(42,7-2)35-34(42)29-21-20-28-27-16-10-13-19-33(27)50-37(28)36(29)48-23-22-46(4)40(35)48/h8-24,40-41H,6-7H2,1-5H3. The van der Waals surface area contributed by atoms with E-state index >= 15 is 0 Å². The molecule has 0 amide bonds. The maximum absolute atomic E-state index is 6.76. The fourth-order valence-electron chi connectivity index (χ4n) is 11.0. The molecular formula is C43H38N6O. The zero-order valence-corrected chi connectivity index (χ0v) is 29.0.